The zero-order chi connectivity index (χ0) is 17.6. The number of anilines is 1. The molecule has 0 N–H and O–H groups in total. The number of sulfone groups is 1. The van der Waals surface area contributed by atoms with E-state index in [4.69, 9.17) is 11.6 Å². The Balaban J connectivity index is 2.04. The molecule has 0 unspecified atom stereocenters. The van der Waals surface area contributed by atoms with Crippen molar-refractivity contribution < 1.29 is 17.6 Å². The number of benzene rings is 1. The summed E-state index contributed by atoms with van der Waals surface area (Å²) in [5.74, 6) is -1.07. The lowest BCUT2D eigenvalue weighted by atomic mass is 10.2. The molecule has 0 aliphatic carbocycles. The zero-order valence-electron chi connectivity index (χ0n) is 13.1. The quantitative estimate of drug-likeness (QED) is 0.776. The molecule has 0 aromatic heterocycles. The number of hydrogen-bond donors (Lipinski definition) is 0. The van der Waals surface area contributed by atoms with E-state index in [1.165, 1.54) is 30.0 Å². The topological polar surface area (TPSA) is 66.8 Å². The van der Waals surface area contributed by atoms with Crippen LogP contribution >= 0.6 is 23.4 Å². The number of halogens is 2. The van der Waals surface area contributed by atoms with Gasteiger partial charge >= 0.3 is 0 Å². The molecular weight excluding hydrogens is 375 g/mol. The molecule has 2 fully saturated rings. The van der Waals surface area contributed by atoms with E-state index < -0.39 is 15.7 Å². The highest BCUT2D eigenvalue weighted by Gasteiger charge is 2.49. The number of nitrogens with zero attached hydrogens (tertiary/aromatic N) is 2. The van der Waals surface area contributed by atoms with Gasteiger partial charge in [-0.05, 0) is 18.2 Å². The number of thioether (sulfide) groups is 1. The van der Waals surface area contributed by atoms with Crippen LogP contribution in [0.25, 0.3) is 0 Å². The Labute approximate surface area is 149 Å². The number of fused-ring (bicyclic) bond motifs is 1. The van der Waals surface area contributed by atoms with E-state index >= 15 is 0 Å². The van der Waals surface area contributed by atoms with Crippen LogP contribution in [0.2, 0.25) is 5.02 Å². The number of carbonyl (C=O) groups excluding carboxylic acids is 1. The lowest BCUT2D eigenvalue weighted by Gasteiger charge is -2.24. The molecule has 24 heavy (non-hydrogen) atoms. The standard InChI is InChI=1S/C15H16ClFN2O3S2/c1-8(2)14(20)18-15-19(9-3-4-11(17)10(16)5-9)12-6-24(21,22)7-13(12)23-15/h3-5,8,12-13H,6-7H2,1-2H3/t12-,13+/m0/s1. The normalized spacial score (nSPS) is 27.0. The second kappa shape index (κ2) is 6.31. The van der Waals surface area contributed by atoms with Crippen LogP contribution in [0, 0.1) is 11.7 Å². The minimum Gasteiger partial charge on any atom is -0.316 e. The van der Waals surface area contributed by atoms with E-state index in [-0.39, 0.29) is 39.6 Å². The predicted octanol–water partition coefficient (Wildman–Crippen LogP) is 2.74. The maximum Gasteiger partial charge on any atom is 0.250 e. The monoisotopic (exact) mass is 390 g/mol. The Morgan fingerprint density at radius 3 is 2.75 bits per heavy atom. The van der Waals surface area contributed by atoms with Gasteiger partial charge in [-0.3, -0.25) is 4.79 Å². The molecule has 0 bridgehead atoms. The molecule has 2 aliphatic rings. The van der Waals surface area contributed by atoms with E-state index in [1.807, 2.05) is 0 Å². The molecule has 5 nitrogen and oxygen atoms in total. The van der Waals surface area contributed by atoms with Crippen LogP contribution in [-0.4, -0.2) is 42.3 Å². The van der Waals surface area contributed by atoms with Crippen LogP contribution in [0.4, 0.5) is 10.1 Å². The average molecular weight is 391 g/mol. The van der Waals surface area contributed by atoms with Crippen molar-refractivity contribution in [2.45, 2.75) is 25.1 Å². The summed E-state index contributed by atoms with van der Waals surface area (Å²) in [6.07, 6.45) is 0. The third-order valence-corrected chi connectivity index (χ3v) is 7.45. The maximum absolute atomic E-state index is 13.5. The summed E-state index contributed by atoms with van der Waals surface area (Å²) in [6.45, 7) is 3.49. The predicted molar refractivity (Wildman–Crippen MR) is 95.0 cm³/mol. The molecule has 1 amide bonds. The third-order valence-electron chi connectivity index (χ3n) is 3.95. The summed E-state index contributed by atoms with van der Waals surface area (Å²) in [6, 6.07) is 3.84. The molecule has 3 rings (SSSR count). The molecule has 2 aliphatic heterocycles. The van der Waals surface area contributed by atoms with Gasteiger partial charge in [0, 0.05) is 16.9 Å². The van der Waals surface area contributed by atoms with Crippen LogP contribution in [0.3, 0.4) is 0 Å². The van der Waals surface area contributed by atoms with Crippen LogP contribution in [0.5, 0.6) is 0 Å². The SMILES string of the molecule is CC(C)C(=O)N=C1S[C@@H]2CS(=O)(=O)C[C@@H]2N1c1ccc(F)c(Cl)c1. The van der Waals surface area contributed by atoms with Gasteiger partial charge in [0.25, 0.3) is 5.91 Å². The first-order valence-electron chi connectivity index (χ1n) is 7.42. The molecule has 1 aromatic carbocycles. The Hall–Kier alpha value is -1.12. The van der Waals surface area contributed by atoms with Crippen molar-refractivity contribution in [3.05, 3.63) is 29.0 Å². The third kappa shape index (κ3) is 3.32. The van der Waals surface area contributed by atoms with Crippen LogP contribution in [0.15, 0.2) is 23.2 Å². The van der Waals surface area contributed by atoms with Crippen molar-refractivity contribution in [3.63, 3.8) is 0 Å². The van der Waals surface area contributed by atoms with Gasteiger partial charge in [0.2, 0.25) is 0 Å². The highest BCUT2D eigenvalue weighted by atomic mass is 35.5. The Morgan fingerprint density at radius 1 is 1.42 bits per heavy atom. The zero-order valence-corrected chi connectivity index (χ0v) is 15.5. The van der Waals surface area contributed by atoms with E-state index in [2.05, 4.69) is 4.99 Å². The van der Waals surface area contributed by atoms with E-state index in [0.29, 0.717) is 10.9 Å². The van der Waals surface area contributed by atoms with Crippen LogP contribution in [-0.2, 0) is 14.6 Å². The van der Waals surface area contributed by atoms with Gasteiger partial charge in [0.1, 0.15) is 5.82 Å². The number of rotatable bonds is 2. The highest BCUT2D eigenvalue weighted by Crippen LogP contribution is 2.41. The fraction of sp³-hybridized carbons (Fsp3) is 0.467. The second-order valence-corrected chi connectivity index (χ2v) is 9.92. The second-order valence-electron chi connectivity index (χ2n) is 6.16. The van der Waals surface area contributed by atoms with Gasteiger partial charge in [-0.15, -0.1) is 0 Å². The van der Waals surface area contributed by atoms with Crippen molar-refractivity contribution >= 4 is 50.0 Å². The summed E-state index contributed by atoms with van der Waals surface area (Å²) >= 11 is 7.14. The lowest BCUT2D eigenvalue weighted by Crippen LogP contribution is -2.37. The molecule has 0 radical (unpaired) electrons. The van der Waals surface area contributed by atoms with Gasteiger partial charge in [-0.2, -0.15) is 4.99 Å². The van der Waals surface area contributed by atoms with Gasteiger partial charge < -0.3 is 4.90 Å². The van der Waals surface area contributed by atoms with E-state index in [1.54, 1.807) is 18.7 Å². The number of amidine groups is 1. The van der Waals surface area contributed by atoms with Crippen molar-refractivity contribution in [1.29, 1.82) is 0 Å². The first-order valence-corrected chi connectivity index (χ1v) is 10.5. The summed E-state index contributed by atoms with van der Waals surface area (Å²) in [7, 11) is -3.14. The molecule has 2 saturated heterocycles. The molecule has 0 saturated carbocycles. The van der Waals surface area contributed by atoms with Crippen molar-refractivity contribution in [1.82, 2.24) is 0 Å². The largest absolute Gasteiger partial charge is 0.316 e. The first-order chi connectivity index (χ1) is 11.2. The maximum atomic E-state index is 13.5. The Morgan fingerprint density at radius 2 is 2.12 bits per heavy atom. The fourth-order valence-electron chi connectivity index (χ4n) is 2.72. The van der Waals surface area contributed by atoms with Crippen LogP contribution in [0.1, 0.15) is 13.8 Å². The molecule has 2 atom stereocenters. The summed E-state index contributed by atoms with van der Waals surface area (Å²) in [5, 5.41) is 0.190. The average Bonchev–Trinajstić information content (AvgIpc) is 2.93. The van der Waals surface area contributed by atoms with Crippen molar-refractivity contribution in [2.24, 2.45) is 10.9 Å². The van der Waals surface area contributed by atoms with E-state index in [0.717, 1.165) is 0 Å². The summed E-state index contributed by atoms with van der Waals surface area (Å²) in [5.41, 5.74) is 0.536. The Bertz CT molecular complexity index is 826. The number of aliphatic imine (C=N–C) groups is 1. The number of hydrogen-bond acceptors (Lipinski definition) is 4. The highest BCUT2D eigenvalue weighted by molar-refractivity contribution is 8.16. The molecular formula is C15H16ClFN2O3S2. The van der Waals surface area contributed by atoms with E-state index in [9.17, 15) is 17.6 Å². The Kier molecular flexibility index (Phi) is 4.65. The summed E-state index contributed by atoms with van der Waals surface area (Å²) in [4.78, 5) is 17.9. The number of carbonyl (C=O) groups is 1. The fourth-order valence-corrected chi connectivity index (χ4v) is 6.82. The van der Waals surface area contributed by atoms with Gasteiger partial charge in [0.05, 0.1) is 22.6 Å². The van der Waals surface area contributed by atoms with Gasteiger partial charge in [-0.1, -0.05) is 37.2 Å². The molecule has 9 heteroatoms. The van der Waals surface area contributed by atoms with Gasteiger partial charge in [0.15, 0.2) is 15.0 Å². The molecule has 1 aromatic rings. The smallest absolute Gasteiger partial charge is 0.250 e. The van der Waals surface area contributed by atoms with Gasteiger partial charge in [-0.25, -0.2) is 12.8 Å². The minimum absolute atomic E-state index is 0.0193. The summed E-state index contributed by atoms with van der Waals surface area (Å²) < 4.78 is 37.3. The number of amides is 1. The molecule has 2 heterocycles. The van der Waals surface area contributed by atoms with Crippen molar-refractivity contribution in [2.75, 3.05) is 16.4 Å². The first kappa shape index (κ1) is 17.7. The van der Waals surface area contributed by atoms with Crippen LogP contribution < -0.4 is 4.90 Å². The molecule has 0 spiro atoms. The molecule has 130 valence electrons. The van der Waals surface area contributed by atoms with Crippen molar-refractivity contribution in [3.8, 4) is 0 Å². The lowest BCUT2D eigenvalue weighted by molar-refractivity contribution is -0.120. The minimum atomic E-state index is -3.14.